The van der Waals surface area contributed by atoms with Gasteiger partial charge in [0.25, 0.3) is 0 Å². The molecular formula is C19H23N7O2. The fraction of sp³-hybridized carbons (Fsp3) is 0.368. The van der Waals surface area contributed by atoms with Gasteiger partial charge in [0, 0.05) is 23.9 Å². The Morgan fingerprint density at radius 2 is 2.00 bits per heavy atom. The van der Waals surface area contributed by atoms with Gasteiger partial charge in [-0.05, 0) is 42.5 Å². The minimum atomic E-state index is -0.860. The zero-order valence-corrected chi connectivity index (χ0v) is 15.8. The first-order valence-electron chi connectivity index (χ1n) is 9.07. The number of nitrogens with one attached hydrogen (secondary N) is 1. The van der Waals surface area contributed by atoms with Gasteiger partial charge in [-0.1, -0.05) is 25.1 Å². The van der Waals surface area contributed by atoms with E-state index in [0.29, 0.717) is 24.5 Å². The van der Waals surface area contributed by atoms with Crippen LogP contribution < -0.4 is 5.73 Å². The summed E-state index contributed by atoms with van der Waals surface area (Å²) in [4.78, 5) is 20.5. The van der Waals surface area contributed by atoms with E-state index in [1.54, 1.807) is 18.5 Å². The first-order valence-corrected chi connectivity index (χ1v) is 9.07. The second-order valence-corrected chi connectivity index (χ2v) is 7.18. The number of hydrogen-bond donors (Lipinski definition) is 3. The van der Waals surface area contributed by atoms with E-state index < -0.39 is 17.8 Å². The number of carbonyl (C=O) groups is 1. The molecule has 2 unspecified atom stereocenters. The maximum Gasteiger partial charge on any atom is 0.307 e. The van der Waals surface area contributed by atoms with Crippen molar-refractivity contribution in [2.24, 2.45) is 11.8 Å². The Kier molecular flexibility index (Phi) is 5.93. The van der Waals surface area contributed by atoms with Crippen LogP contribution in [0.5, 0.6) is 0 Å². The van der Waals surface area contributed by atoms with Crippen LogP contribution in [-0.2, 0) is 11.2 Å². The first kappa shape index (κ1) is 19.4. The Labute approximate surface area is 162 Å². The van der Waals surface area contributed by atoms with Crippen molar-refractivity contribution in [1.82, 2.24) is 30.6 Å². The third kappa shape index (κ3) is 4.67. The molecule has 2 atom stereocenters. The number of aromatic amines is 1. The van der Waals surface area contributed by atoms with Gasteiger partial charge in [-0.25, -0.2) is 4.98 Å². The highest BCUT2D eigenvalue weighted by atomic mass is 16.4. The highest BCUT2D eigenvalue weighted by Crippen LogP contribution is 2.31. The van der Waals surface area contributed by atoms with E-state index in [0.717, 1.165) is 16.8 Å². The zero-order chi connectivity index (χ0) is 20.1. The van der Waals surface area contributed by atoms with Gasteiger partial charge in [-0.3, -0.25) is 9.78 Å². The number of nitrogens with two attached hydrogens (primary N) is 1. The van der Waals surface area contributed by atoms with E-state index in [2.05, 4.69) is 30.6 Å². The van der Waals surface area contributed by atoms with Crippen molar-refractivity contribution in [3.8, 4) is 11.3 Å². The van der Waals surface area contributed by atoms with Gasteiger partial charge in [0.05, 0.1) is 11.6 Å². The Balaban J connectivity index is 1.84. The second kappa shape index (κ2) is 8.55. The molecule has 146 valence electrons. The topological polar surface area (TPSA) is 144 Å². The van der Waals surface area contributed by atoms with E-state index >= 15 is 0 Å². The van der Waals surface area contributed by atoms with Gasteiger partial charge in [0.2, 0.25) is 0 Å². The molecule has 0 aliphatic carbocycles. The lowest BCUT2D eigenvalue weighted by molar-refractivity contribution is -0.143. The quantitative estimate of drug-likeness (QED) is 0.539. The molecule has 0 fully saturated rings. The van der Waals surface area contributed by atoms with Crippen LogP contribution in [-0.4, -0.2) is 41.7 Å². The summed E-state index contributed by atoms with van der Waals surface area (Å²) < 4.78 is 0. The van der Waals surface area contributed by atoms with Crippen LogP contribution in [0.15, 0.2) is 36.7 Å². The van der Waals surface area contributed by atoms with Crippen LogP contribution in [0.2, 0.25) is 0 Å². The van der Waals surface area contributed by atoms with Crippen LogP contribution in [0, 0.1) is 11.8 Å². The van der Waals surface area contributed by atoms with Crippen LogP contribution in [0.1, 0.15) is 37.6 Å². The average Bonchev–Trinajstić information content (AvgIpc) is 3.20. The molecule has 0 saturated heterocycles. The fourth-order valence-corrected chi connectivity index (χ4v) is 3.21. The largest absolute Gasteiger partial charge is 0.481 e. The van der Waals surface area contributed by atoms with Crippen LogP contribution in [0.4, 0.5) is 5.82 Å². The maximum atomic E-state index is 11.9. The van der Waals surface area contributed by atoms with E-state index in [1.165, 1.54) is 0 Å². The summed E-state index contributed by atoms with van der Waals surface area (Å²) in [6.45, 7) is 4.00. The van der Waals surface area contributed by atoms with Gasteiger partial charge in [0.1, 0.15) is 5.82 Å². The first-order chi connectivity index (χ1) is 13.4. The third-order valence-corrected chi connectivity index (χ3v) is 4.58. The number of hydrogen-bond acceptors (Lipinski definition) is 7. The molecule has 0 amide bonds. The fourth-order valence-electron chi connectivity index (χ4n) is 3.21. The van der Waals surface area contributed by atoms with Crippen molar-refractivity contribution in [3.05, 3.63) is 48.0 Å². The molecule has 3 heterocycles. The minimum Gasteiger partial charge on any atom is -0.481 e. The molecule has 0 bridgehead atoms. The summed E-state index contributed by atoms with van der Waals surface area (Å²) in [7, 11) is 0. The minimum absolute atomic E-state index is 0.231. The van der Waals surface area contributed by atoms with Gasteiger partial charge in [-0.2, -0.15) is 5.21 Å². The summed E-state index contributed by atoms with van der Waals surface area (Å²) >= 11 is 0. The molecule has 3 aromatic heterocycles. The van der Waals surface area contributed by atoms with Gasteiger partial charge >= 0.3 is 5.97 Å². The van der Waals surface area contributed by atoms with Crippen molar-refractivity contribution < 1.29 is 9.90 Å². The molecule has 4 N–H and O–H groups in total. The molecule has 0 radical (unpaired) electrons. The van der Waals surface area contributed by atoms with Crippen LogP contribution in [0.25, 0.3) is 11.3 Å². The van der Waals surface area contributed by atoms with Crippen molar-refractivity contribution >= 4 is 11.8 Å². The highest BCUT2D eigenvalue weighted by Gasteiger charge is 2.33. The van der Waals surface area contributed by atoms with Crippen LogP contribution >= 0.6 is 0 Å². The molecule has 0 spiro atoms. The average molecular weight is 381 g/mol. The number of carboxylic acids is 1. The Hall–Kier alpha value is -3.36. The normalized spacial score (nSPS) is 13.4. The summed E-state index contributed by atoms with van der Waals surface area (Å²) in [6, 6.07) is 7.39. The number of tetrazole rings is 1. The summed E-state index contributed by atoms with van der Waals surface area (Å²) in [5, 5.41) is 23.9. The lowest BCUT2D eigenvalue weighted by atomic mass is 9.81. The smallest absolute Gasteiger partial charge is 0.307 e. The molecule has 0 aromatic carbocycles. The molecule has 28 heavy (non-hydrogen) atoms. The van der Waals surface area contributed by atoms with Crippen molar-refractivity contribution in [3.63, 3.8) is 0 Å². The highest BCUT2D eigenvalue weighted by molar-refractivity contribution is 5.71. The van der Waals surface area contributed by atoms with E-state index in [1.807, 2.05) is 32.0 Å². The predicted octanol–water partition coefficient (Wildman–Crippen LogP) is 2.31. The van der Waals surface area contributed by atoms with E-state index in [-0.39, 0.29) is 5.92 Å². The Bertz CT molecular complexity index is 893. The van der Waals surface area contributed by atoms with Crippen molar-refractivity contribution in [1.29, 1.82) is 0 Å². The number of nitrogen functional groups attached to an aromatic ring is 1. The maximum absolute atomic E-state index is 11.9. The SMILES string of the molecule is CC(C)CC(C(=O)O)C(Cc1ccc(-c2ccc(N)nc2)nc1)c1nn[nH]n1. The van der Waals surface area contributed by atoms with Crippen LogP contribution in [0.3, 0.4) is 0 Å². The zero-order valence-electron chi connectivity index (χ0n) is 15.8. The van der Waals surface area contributed by atoms with Crippen molar-refractivity contribution in [2.75, 3.05) is 5.73 Å². The number of aromatic nitrogens is 6. The van der Waals surface area contributed by atoms with Gasteiger partial charge in [0.15, 0.2) is 5.82 Å². The second-order valence-electron chi connectivity index (χ2n) is 7.18. The molecule has 9 heteroatoms. The standard InChI is InChI=1S/C19H23N7O2/c1-11(2)7-15(19(27)28)14(18-23-25-26-24-18)8-12-3-5-16(21-9-12)13-4-6-17(20)22-10-13/h3-6,9-11,14-15H,7-8H2,1-2H3,(H2,20,22)(H,27,28)(H,23,24,25,26). The van der Waals surface area contributed by atoms with E-state index in [4.69, 9.17) is 5.73 Å². The summed E-state index contributed by atoms with van der Waals surface area (Å²) in [5.74, 6) is -0.786. The number of anilines is 1. The van der Waals surface area contributed by atoms with Gasteiger partial charge in [-0.15, -0.1) is 10.2 Å². The molecular weight excluding hydrogens is 358 g/mol. The lowest BCUT2D eigenvalue weighted by Crippen LogP contribution is -2.26. The predicted molar refractivity (Wildman–Crippen MR) is 103 cm³/mol. The molecule has 9 nitrogen and oxygen atoms in total. The number of pyridine rings is 2. The van der Waals surface area contributed by atoms with Crippen molar-refractivity contribution in [2.45, 2.75) is 32.6 Å². The monoisotopic (exact) mass is 381 g/mol. The molecule has 0 aliphatic heterocycles. The molecule has 0 aliphatic rings. The number of rotatable bonds is 8. The summed E-state index contributed by atoms with van der Waals surface area (Å²) in [5.41, 5.74) is 8.15. The molecule has 3 rings (SSSR count). The Morgan fingerprint density at radius 3 is 2.54 bits per heavy atom. The Morgan fingerprint density at radius 1 is 1.18 bits per heavy atom. The third-order valence-electron chi connectivity index (χ3n) is 4.58. The molecule has 0 saturated carbocycles. The molecule has 3 aromatic rings. The summed E-state index contributed by atoms with van der Waals surface area (Å²) in [6.07, 6.45) is 4.39. The number of carboxylic acid groups (broad SMARTS) is 1. The number of nitrogens with zero attached hydrogens (tertiary/aromatic N) is 5. The number of aliphatic carboxylic acids is 1. The van der Waals surface area contributed by atoms with E-state index in [9.17, 15) is 9.90 Å². The lowest BCUT2D eigenvalue weighted by Gasteiger charge is -2.23. The number of H-pyrrole nitrogens is 1. The van der Waals surface area contributed by atoms with Gasteiger partial charge < -0.3 is 10.8 Å².